The van der Waals surface area contributed by atoms with Gasteiger partial charge in [-0.15, -0.1) is 0 Å². The van der Waals surface area contributed by atoms with Crippen molar-refractivity contribution in [1.82, 2.24) is 0 Å². The maximum absolute atomic E-state index is 13.4. The lowest BCUT2D eigenvalue weighted by atomic mass is 9.95. The zero-order chi connectivity index (χ0) is 15.9. The summed E-state index contributed by atoms with van der Waals surface area (Å²) in [5, 5.41) is 0. The minimum atomic E-state index is -0.244. The maximum atomic E-state index is 13.4. The average molecular weight is 297 g/mol. The molecule has 2 aromatic carbocycles. The summed E-state index contributed by atoms with van der Waals surface area (Å²) in [5.74, 6) is -0.255. The molecule has 0 aromatic heterocycles. The number of carbonyl (C=O) groups is 1. The Bertz CT molecular complexity index is 738. The van der Waals surface area contributed by atoms with E-state index in [-0.39, 0.29) is 17.8 Å². The lowest BCUT2D eigenvalue weighted by Crippen LogP contribution is -2.42. The van der Waals surface area contributed by atoms with E-state index in [1.54, 1.807) is 12.1 Å². The largest absolute Gasteiger partial charge is 0.305 e. The molecule has 114 valence electrons. The number of hydrogen-bond donors (Lipinski definition) is 0. The van der Waals surface area contributed by atoms with Crippen molar-refractivity contribution in [3.8, 4) is 0 Å². The number of fused-ring (bicyclic) bond motifs is 1. The van der Waals surface area contributed by atoms with E-state index in [1.165, 1.54) is 11.6 Å². The molecule has 0 aliphatic carbocycles. The Morgan fingerprint density at radius 1 is 1.14 bits per heavy atom. The van der Waals surface area contributed by atoms with E-state index < -0.39 is 0 Å². The van der Waals surface area contributed by atoms with E-state index in [2.05, 4.69) is 0 Å². The Hall–Kier alpha value is -2.16. The number of nitrogens with zero attached hydrogens (tertiary/aromatic N) is 1. The zero-order valence-corrected chi connectivity index (χ0v) is 13.2. The first kappa shape index (κ1) is 14.8. The SMILES string of the molecule is Cc1ccc(C(=O)N2c3ccc(F)cc3CCC2C)cc1C. The van der Waals surface area contributed by atoms with Crippen LogP contribution in [0.25, 0.3) is 0 Å². The number of rotatable bonds is 1. The molecular formula is C19H20FNO. The summed E-state index contributed by atoms with van der Waals surface area (Å²) in [7, 11) is 0. The number of amides is 1. The summed E-state index contributed by atoms with van der Waals surface area (Å²) in [4.78, 5) is 14.8. The van der Waals surface area contributed by atoms with Crippen LogP contribution < -0.4 is 4.90 Å². The standard InChI is InChI=1S/C19H20FNO/c1-12-4-6-16(10-13(12)2)19(22)21-14(3)5-7-15-11-17(20)8-9-18(15)21/h4,6,8-11,14H,5,7H2,1-3H3. The molecule has 0 spiro atoms. The third kappa shape index (κ3) is 2.52. The van der Waals surface area contributed by atoms with E-state index in [0.717, 1.165) is 29.7 Å². The first-order valence-corrected chi connectivity index (χ1v) is 7.66. The van der Waals surface area contributed by atoms with Crippen LogP contribution in [0.4, 0.5) is 10.1 Å². The van der Waals surface area contributed by atoms with Crippen LogP contribution in [-0.2, 0) is 6.42 Å². The minimum absolute atomic E-state index is 0.0110. The second kappa shape index (κ2) is 5.56. The molecule has 3 rings (SSSR count). The van der Waals surface area contributed by atoms with E-state index in [1.807, 2.05) is 43.9 Å². The predicted molar refractivity (Wildman–Crippen MR) is 86.9 cm³/mol. The molecule has 0 fully saturated rings. The van der Waals surface area contributed by atoms with Gasteiger partial charge in [-0.3, -0.25) is 4.79 Å². The smallest absolute Gasteiger partial charge is 0.258 e. The van der Waals surface area contributed by atoms with Crippen LogP contribution >= 0.6 is 0 Å². The van der Waals surface area contributed by atoms with Crippen molar-refractivity contribution < 1.29 is 9.18 Å². The van der Waals surface area contributed by atoms with E-state index in [0.29, 0.717) is 5.56 Å². The molecule has 0 saturated carbocycles. The fourth-order valence-corrected chi connectivity index (χ4v) is 3.04. The molecule has 1 aliphatic rings. The van der Waals surface area contributed by atoms with Crippen LogP contribution in [0.3, 0.4) is 0 Å². The van der Waals surface area contributed by atoms with Gasteiger partial charge in [-0.25, -0.2) is 4.39 Å². The highest BCUT2D eigenvalue weighted by molar-refractivity contribution is 6.07. The van der Waals surface area contributed by atoms with Gasteiger partial charge in [0, 0.05) is 17.3 Å². The summed E-state index contributed by atoms with van der Waals surface area (Å²) in [6.45, 7) is 6.09. The highest BCUT2D eigenvalue weighted by Gasteiger charge is 2.29. The molecule has 0 radical (unpaired) electrons. The van der Waals surface area contributed by atoms with E-state index >= 15 is 0 Å². The number of hydrogen-bond acceptors (Lipinski definition) is 1. The number of aryl methyl sites for hydroxylation is 3. The fourth-order valence-electron chi connectivity index (χ4n) is 3.04. The van der Waals surface area contributed by atoms with Gasteiger partial charge in [0.2, 0.25) is 0 Å². The third-order valence-electron chi connectivity index (χ3n) is 4.55. The molecule has 0 bridgehead atoms. The molecule has 1 unspecified atom stereocenters. The quantitative estimate of drug-likeness (QED) is 0.763. The molecule has 2 aromatic rings. The lowest BCUT2D eigenvalue weighted by molar-refractivity contribution is 0.0975. The molecule has 1 heterocycles. The van der Waals surface area contributed by atoms with Crippen LogP contribution in [-0.4, -0.2) is 11.9 Å². The number of carbonyl (C=O) groups excluding carboxylic acids is 1. The Kier molecular flexibility index (Phi) is 3.73. The van der Waals surface area contributed by atoms with Gasteiger partial charge < -0.3 is 4.90 Å². The molecular weight excluding hydrogens is 277 g/mol. The molecule has 0 saturated heterocycles. The van der Waals surface area contributed by atoms with Gasteiger partial charge in [-0.1, -0.05) is 6.07 Å². The average Bonchev–Trinajstić information content (AvgIpc) is 2.49. The fraction of sp³-hybridized carbons (Fsp3) is 0.316. The van der Waals surface area contributed by atoms with Gasteiger partial charge >= 0.3 is 0 Å². The highest BCUT2D eigenvalue weighted by atomic mass is 19.1. The summed E-state index contributed by atoms with van der Waals surface area (Å²) >= 11 is 0. The van der Waals surface area contributed by atoms with Crippen molar-refractivity contribution in [1.29, 1.82) is 0 Å². The van der Waals surface area contributed by atoms with Gasteiger partial charge in [0.15, 0.2) is 0 Å². The number of halogens is 1. The molecule has 22 heavy (non-hydrogen) atoms. The molecule has 1 amide bonds. The first-order chi connectivity index (χ1) is 10.5. The van der Waals surface area contributed by atoms with Crippen LogP contribution in [0.1, 0.15) is 40.4 Å². The summed E-state index contributed by atoms with van der Waals surface area (Å²) in [5.41, 5.74) is 4.71. The summed E-state index contributed by atoms with van der Waals surface area (Å²) in [6, 6.07) is 10.6. The van der Waals surface area contributed by atoms with Crippen molar-refractivity contribution >= 4 is 11.6 Å². The van der Waals surface area contributed by atoms with E-state index in [9.17, 15) is 9.18 Å². The molecule has 3 heteroatoms. The third-order valence-corrected chi connectivity index (χ3v) is 4.55. The van der Waals surface area contributed by atoms with Crippen molar-refractivity contribution in [3.05, 3.63) is 64.5 Å². The van der Waals surface area contributed by atoms with Crippen molar-refractivity contribution in [2.45, 2.75) is 39.7 Å². The number of benzene rings is 2. The molecule has 0 N–H and O–H groups in total. The Morgan fingerprint density at radius 2 is 1.91 bits per heavy atom. The summed E-state index contributed by atoms with van der Waals surface area (Å²) < 4.78 is 13.4. The number of anilines is 1. The monoisotopic (exact) mass is 297 g/mol. The summed E-state index contributed by atoms with van der Waals surface area (Å²) in [6.07, 6.45) is 1.66. The molecule has 1 aliphatic heterocycles. The highest BCUT2D eigenvalue weighted by Crippen LogP contribution is 2.32. The van der Waals surface area contributed by atoms with Crippen molar-refractivity contribution in [2.24, 2.45) is 0 Å². The topological polar surface area (TPSA) is 20.3 Å². The second-order valence-electron chi connectivity index (χ2n) is 6.13. The zero-order valence-electron chi connectivity index (χ0n) is 13.2. The van der Waals surface area contributed by atoms with Gasteiger partial charge in [-0.2, -0.15) is 0 Å². The van der Waals surface area contributed by atoms with E-state index in [4.69, 9.17) is 0 Å². The Balaban J connectivity index is 2.03. The van der Waals surface area contributed by atoms with Crippen molar-refractivity contribution in [3.63, 3.8) is 0 Å². The second-order valence-corrected chi connectivity index (χ2v) is 6.13. The molecule has 2 nitrogen and oxygen atoms in total. The normalized spacial score (nSPS) is 17.3. The minimum Gasteiger partial charge on any atom is -0.305 e. The van der Waals surface area contributed by atoms with Gasteiger partial charge in [0.05, 0.1) is 0 Å². The Morgan fingerprint density at radius 3 is 2.64 bits per heavy atom. The first-order valence-electron chi connectivity index (χ1n) is 7.66. The van der Waals surface area contributed by atoms with Crippen LogP contribution in [0.15, 0.2) is 36.4 Å². The van der Waals surface area contributed by atoms with Crippen LogP contribution in [0.2, 0.25) is 0 Å². The lowest BCUT2D eigenvalue weighted by Gasteiger charge is -2.35. The van der Waals surface area contributed by atoms with Gasteiger partial charge in [-0.05, 0) is 80.6 Å². The van der Waals surface area contributed by atoms with Gasteiger partial charge in [0.1, 0.15) is 5.82 Å². The van der Waals surface area contributed by atoms with Crippen molar-refractivity contribution in [2.75, 3.05) is 4.90 Å². The molecule has 1 atom stereocenters. The van der Waals surface area contributed by atoms with Gasteiger partial charge in [0.25, 0.3) is 5.91 Å². The van der Waals surface area contributed by atoms with Crippen LogP contribution in [0.5, 0.6) is 0 Å². The predicted octanol–water partition coefficient (Wildman–Crippen LogP) is 4.42. The van der Waals surface area contributed by atoms with Crippen LogP contribution in [0, 0.1) is 19.7 Å². The Labute approximate surface area is 130 Å². The maximum Gasteiger partial charge on any atom is 0.258 e.